The Balaban J connectivity index is 0. The van der Waals surface area contributed by atoms with Gasteiger partial charge in [0.2, 0.25) is 0 Å². The third kappa shape index (κ3) is 10.8. The summed E-state index contributed by atoms with van der Waals surface area (Å²) in [7, 11) is 0. The van der Waals surface area contributed by atoms with Crippen LogP contribution in [0.25, 0.3) is 0 Å². The summed E-state index contributed by atoms with van der Waals surface area (Å²) in [4.78, 5) is 0. The van der Waals surface area contributed by atoms with Gasteiger partial charge in [0.25, 0.3) is 0 Å². The second-order valence-electron chi connectivity index (χ2n) is 1.56. The molecular weight excluding hydrogens is 79.0 g/mol. The van der Waals surface area contributed by atoms with Crippen molar-refractivity contribution in [2.45, 2.75) is 32.6 Å². The van der Waals surface area contributed by atoms with Gasteiger partial charge in [0.05, 0.1) is 0 Å². The fraction of sp³-hybridized carbons (Fsp3) is 0.833. The summed E-state index contributed by atoms with van der Waals surface area (Å²) in [6.45, 7) is 5.93. The van der Waals surface area contributed by atoms with E-state index in [0.717, 1.165) is 6.42 Å². The van der Waals surface area contributed by atoms with Gasteiger partial charge in [0, 0.05) is 0 Å². The molecule has 0 unspecified atom stereocenters. The van der Waals surface area contributed by atoms with E-state index in [0.29, 0.717) is 0 Å². The second-order valence-corrected chi connectivity index (χ2v) is 1.56. The molecule has 7 heavy (non-hydrogen) atoms. The number of unbranched alkanes of at least 4 members (excludes halogenated alkanes) is 3. The Morgan fingerprint density at radius 1 is 1.29 bits per heavy atom. The Morgan fingerprint density at radius 2 is 1.86 bits per heavy atom. The van der Waals surface area contributed by atoms with E-state index in [2.05, 4.69) is 13.8 Å². The Morgan fingerprint density at radius 3 is 2.00 bits per heavy atom. The van der Waals surface area contributed by atoms with Gasteiger partial charge in [-0.15, -0.1) is 0 Å². The van der Waals surface area contributed by atoms with Crippen molar-refractivity contribution in [1.29, 1.82) is 0 Å². The van der Waals surface area contributed by atoms with E-state index in [4.69, 9.17) is 0 Å². The average molecular weight is 93.1 g/mol. The molecule has 0 bridgehead atoms. The zero-order valence-corrected chi connectivity index (χ0v) is 4.54. The molecule has 0 aliphatic heterocycles. The van der Waals surface area contributed by atoms with Crippen LogP contribution in [0.15, 0.2) is 0 Å². The van der Waals surface area contributed by atoms with Gasteiger partial charge >= 0.3 is 18.9 Å². The molecule has 0 fully saturated rings. The predicted molar refractivity (Wildman–Crippen MR) is 36.6 cm³/mol. The summed E-state index contributed by atoms with van der Waals surface area (Å²) < 4.78 is 0. The monoisotopic (exact) mass is 93.1 g/mol. The number of rotatable bonds is 3. The molecule has 0 saturated carbocycles. The van der Waals surface area contributed by atoms with E-state index in [1.165, 1.54) is 19.3 Å². The molecule has 0 spiro atoms. The molecule has 0 rings (SSSR count). The molecule has 1 radical (unpaired) electrons. The number of hydrogen-bond donors (Lipinski definition) is 0. The van der Waals surface area contributed by atoms with Crippen LogP contribution in [-0.4, -0.2) is 18.9 Å². The molecule has 0 aliphatic carbocycles. The molecular formula is C6H14Li. The van der Waals surface area contributed by atoms with Gasteiger partial charge in [0.15, 0.2) is 0 Å². The minimum atomic E-state index is 0. The maximum atomic E-state index is 3.72. The van der Waals surface area contributed by atoms with Crippen molar-refractivity contribution in [1.82, 2.24) is 0 Å². The van der Waals surface area contributed by atoms with Gasteiger partial charge in [-0.05, 0) is 0 Å². The van der Waals surface area contributed by atoms with Crippen LogP contribution in [-0.2, 0) is 0 Å². The third-order valence-corrected chi connectivity index (χ3v) is 0.854. The Kier molecular flexibility index (Phi) is 14.7. The van der Waals surface area contributed by atoms with Gasteiger partial charge in [-0.2, -0.15) is 0 Å². The molecule has 0 aromatic heterocycles. The molecule has 0 aromatic carbocycles. The van der Waals surface area contributed by atoms with Crippen LogP contribution in [0.1, 0.15) is 32.6 Å². The van der Waals surface area contributed by atoms with Crippen LogP contribution in [0.5, 0.6) is 0 Å². The van der Waals surface area contributed by atoms with E-state index in [1.54, 1.807) is 0 Å². The SMILES string of the molecule is [CH2]CCCCC.[LiH]. The van der Waals surface area contributed by atoms with Crippen LogP contribution >= 0.6 is 0 Å². The van der Waals surface area contributed by atoms with Crippen LogP contribution in [0, 0.1) is 6.92 Å². The summed E-state index contributed by atoms with van der Waals surface area (Å²) in [6.07, 6.45) is 5.07. The molecule has 1 heteroatoms. The molecule has 0 aliphatic rings. The maximum absolute atomic E-state index is 3.72. The normalized spacial score (nSPS) is 7.71. The summed E-state index contributed by atoms with van der Waals surface area (Å²) in [5, 5.41) is 0. The molecule has 0 aromatic rings. The standard InChI is InChI=1S/C6H13.Li.H/c1-3-5-6-4-2;;/h1,3-6H2,2H3;;. The van der Waals surface area contributed by atoms with Crippen molar-refractivity contribution < 1.29 is 0 Å². The van der Waals surface area contributed by atoms with Crippen LogP contribution in [0.4, 0.5) is 0 Å². The molecule has 0 N–H and O–H groups in total. The quantitative estimate of drug-likeness (QED) is 0.368. The van der Waals surface area contributed by atoms with Crippen LogP contribution in [0.2, 0.25) is 0 Å². The third-order valence-electron chi connectivity index (χ3n) is 0.854. The van der Waals surface area contributed by atoms with Crippen molar-refractivity contribution in [2.24, 2.45) is 0 Å². The summed E-state index contributed by atoms with van der Waals surface area (Å²) in [5.74, 6) is 0. The topological polar surface area (TPSA) is 0 Å². The van der Waals surface area contributed by atoms with Crippen molar-refractivity contribution in [2.75, 3.05) is 0 Å². The summed E-state index contributed by atoms with van der Waals surface area (Å²) in [5.41, 5.74) is 0. The molecule has 0 heterocycles. The van der Waals surface area contributed by atoms with Crippen molar-refractivity contribution >= 4 is 18.9 Å². The fourth-order valence-electron chi connectivity index (χ4n) is 0.427. The Labute approximate surface area is 58.9 Å². The molecule has 39 valence electrons. The minimum absolute atomic E-state index is 0. The second kappa shape index (κ2) is 9.78. The van der Waals surface area contributed by atoms with Crippen LogP contribution in [0.3, 0.4) is 0 Å². The zero-order chi connectivity index (χ0) is 4.83. The van der Waals surface area contributed by atoms with E-state index >= 15 is 0 Å². The van der Waals surface area contributed by atoms with E-state index < -0.39 is 0 Å². The fourth-order valence-corrected chi connectivity index (χ4v) is 0.427. The first kappa shape index (κ1) is 10.6. The Bertz CT molecular complexity index is 16.1. The van der Waals surface area contributed by atoms with Crippen LogP contribution < -0.4 is 0 Å². The summed E-state index contributed by atoms with van der Waals surface area (Å²) >= 11 is 0. The predicted octanol–water partition coefficient (Wildman–Crippen LogP) is 1.75. The average Bonchev–Trinajstić information content (AvgIpc) is 1.61. The summed E-state index contributed by atoms with van der Waals surface area (Å²) in [6, 6.07) is 0. The molecule has 0 atom stereocenters. The van der Waals surface area contributed by atoms with Gasteiger partial charge < -0.3 is 0 Å². The molecule has 0 saturated heterocycles. The molecule has 0 nitrogen and oxygen atoms in total. The van der Waals surface area contributed by atoms with Gasteiger partial charge in [-0.25, -0.2) is 0 Å². The van der Waals surface area contributed by atoms with Crippen molar-refractivity contribution in [3.63, 3.8) is 0 Å². The first-order chi connectivity index (χ1) is 2.91. The van der Waals surface area contributed by atoms with Crippen molar-refractivity contribution in [3.05, 3.63) is 6.92 Å². The molecule has 0 amide bonds. The van der Waals surface area contributed by atoms with E-state index in [9.17, 15) is 0 Å². The zero-order valence-electron chi connectivity index (χ0n) is 4.54. The van der Waals surface area contributed by atoms with Gasteiger partial charge in [-0.3, -0.25) is 0 Å². The van der Waals surface area contributed by atoms with E-state index in [-0.39, 0.29) is 18.9 Å². The van der Waals surface area contributed by atoms with Gasteiger partial charge in [0.1, 0.15) is 0 Å². The number of hydrogen-bond acceptors (Lipinski definition) is 0. The first-order valence-electron chi connectivity index (χ1n) is 2.71. The van der Waals surface area contributed by atoms with Gasteiger partial charge in [-0.1, -0.05) is 39.5 Å². The Hall–Kier alpha value is 0.597. The first-order valence-corrected chi connectivity index (χ1v) is 2.71. The van der Waals surface area contributed by atoms with E-state index in [1.807, 2.05) is 0 Å². The van der Waals surface area contributed by atoms with Crippen molar-refractivity contribution in [3.8, 4) is 0 Å².